The van der Waals surface area contributed by atoms with E-state index >= 15 is 0 Å². The van der Waals surface area contributed by atoms with Gasteiger partial charge in [-0.2, -0.15) is 0 Å². The highest BCUT2D eigenvalue weighted by molar-refractivity contribution is 7.88. The van der Waals surface area contributed by atoms with Gasteiger partial charge in [0.1, 0.15) is 0 Å². The van der Waals surface area contributed by atoms with E-state index in [1.54, 1.807) is 11.4 Å². The quantitative estimate of drug-likeness (QED) is 0.906. The van der Waals surface area contributed by atoms with Gasteiger partial charge in [-0.15, -0.1) is 0 Å². The highest BCUT2D eigenvalue weighted by atomic mass is 32.2. The minimum atomic E-state index is -3.27. The summed E-state index contributed by atoms with van der Waals surface area (Å²) < 4.78 is 26.7. The Bertz CT molecular complexity index is 537. The Morgan fingerprint density at radius 3 is 2.35 bits per heavy atom. The van der Waals surface area contributed by atoms with Crippen molar-refractivity contribution in [2.24, 2.45) is 5.73 Å². The van der Waals surface area contributed by atoms with Gasteiger partial charge in [0, 0.05) is 19.6 Å². The van der Waals surface area contributed by atoms with Gasteiger partial charge in [0.2, 0.25) is 10.0 Å². The third-order valence-corrected chi connectivity index (χ3v) is 6.06. The molecule has 1 saturated carbocycles. The first-order chi connectivity index (χ1) is 9.54. The van der Waals surface area contributed by atoms with E-state index < -0.39 is 10.0 Å². The molecule has 2 N–H and O–H groups in total. The summed E-state index contributed by atoms with van der Waals surface area (Å²) in [5.74, 6) is 0.0490. The summed E-state index contributed by atoms with van der Waals surface area (Å²) >= 11 is 0. The lowest BCUT2D eigenvalue weighted by Gasteiger charge is -2.30. The van der Waals surface area contributed by atoms with Crippen molar-refractivity contribution >= 4 is 10.0 Å². The summed E-state index contributed by atoms with van der Waals surface area (Å²) in [5, 5.41) is 0. The van der Waals surface area contributed by atoms with Gasteiger partial charge >= 0.3 is 0 Å². The van der Waals surface area contributed by atoms with Gasteiger partial charge in [0.25, 0.3) is 0 Å². The van der Waals surface area contributed by atoms with Crippen molar-refractivity contribution in [1.82, 2.24) is 4.31 Å². The van der Waals surface area contributed by atoms with Crippen molar-refractivity contribution in [3.05, 3.63) is 35.4 Å². The van der Waals surface area contributed by atoms with Crippen LogP contribution in [0.5, 0.6) is 0 Å². The van der Waals surface area contributed by atoms with E-state index in [-0.39, 0.29) is 11.8 Å². The largest absolute Gasteiger partial charge is 0.326 e. The van der Waals surface area contributed by atoms with E-state index in [9.17, 15) is 8.42 Å². The zero-order valence-electron chi connectivity index (χ0n) is 12.1. The highest BCUT2D eigenvalue weighted by Crippen LogP contribution is 2.25. The standard InChI is InChI=1S/C15H24N2O2S/c1-17(15-9-3-2-4-10-15)20(18,19)12-14-8-6-5-7-13(14)11-16/h5-8,15H,2-4,9-12,16H2,1H3. The van der Waals surface area contributed by atoms with Gasteiger partial charge in [-0.1, -0.05) is 43.5 Å². The molecule has 0 aromatic heterocycles. The first-order valence-electron chi connectivity index (χ1n) is 7.27. The van der Waals surface area contributed by atoms with Crippen molar-refractivity contribution in [3.8, 4) is 0 Å². The van der Waals surface area contributed by atoms with Crippen LogP contribution in [0.1, 0.15) is 43.2 Å². The average molecular weight is 296 g/mol. The normalized spacial score (nSPS) is 17.6. The number of nitrogens with two attached hydrogens (primary N) is 1. The number of sulfonamides is 1. The zero-order chi connectivity index (χ0) is 14.6. The third kappa shape index (κ3) is 3.59. The Labute approximate surface area is 122 Å². The summed E-state index contributed by atoms with van der Waals surface area (Å²) in [6, 6.07) is 7.67. The van der Waals surface area contributed by atoms with Gasteiger partial charge < -0.3 is 5.73 Å². The van der Waals surface area contributed by atoms with Gasteiger partial charge in [0.05, 0.1) is 5.75 Å². The van der Waals surface area contributed by atoms with Crippen LogP contribution in [-0.2, 0) is 22.3 Å². The summed E-state index contributed by atoms with van der Waals surface area (Å²) in [6.07, 6.45) is 5.44. The molecule has 0 saturated heterocycles. The van der Waals surface area contributed by atoms with Crippen molar-refractivity contribution in [1.29, 1.82) is 0 Å². The predicted octanol–water partition coefficient (Wildman–Crippen LogP) is 2.24. The molecule has 0 heterocycles. The molecule has 0 bridgehead atoms. The van der Waals surface area contributed by atoms with Crippen LogP contribution in [0.4, 0.5) is 0 Å². The zero-order valence-corrected chi connectivity index (χ0v) is 12.9. The van der Waals surface area contributed by atoms with E-state index in [2.05, 4.69) is 0 Å². The molecule has 0 unspecified atom stereocenters. The summed E-state index contributed by atoms with van der Waals surface area (Å²) in [6.45, 7) is 0.374. The molecule has 0 amide bonds. The number of benzene rings is 1. The molecule has 1 aromatic carbocycles. The monoisotopic (exact) mass is 296 g/mol. The average Bonchev–Trinajstić information content (AvgIpc) is 2.47. The molecular formula is C15H24N2O2S. The van der Waals surface area contributed by atoms with Crippen molar-refractivity contribution < 1.29 is 8.42 Å². The second-order valence-electron chi connectivity index (χ2n) is 5.54. The SMILES string of the molecule is CN(C1CCCCC1)S(=O)(=O)Cc1ccccc1CN. The smallest absolute Gasteiger partial charge is 0.218 e. The van der Waals surface area contributed by atoms with Crippen LogP contribution in [0.3, 0.4) is 0 Å². The number of hydrogen-bond donors (Lipinski definition) is 1. The fourth-order valence-electron chi connectivity index (χ4n) is 2.87. The Morgan fingerprint density at radius 1 is 1.15 bits per heavy atom. The summed E-state index contributed by atoms with van der Waals surface area (Å²) in [7, 11) is -1.55. The number of nitrogens with zero attached hydrogens (tertiary/aromatic N) is 1. The molecule has 1 aliphatic rings. The van der Waals surface area contributed by atoms with E-state index in [1.807, 2.05) is 24.3 Å². The van der Waals surface area contributed by atoms with Crippen molar-refractivity contribution in [2.45, 2.75) is 50.4 Å². The van der Waals surface area contributed by atoms with Crippen molar-refractivity contribution in [3.63, 3.8) is 0 Å². The molecule has 1 aliphatic carbocycles. The molecule has 5 heteroatoms. The van der Waals surface area contributed by atoms with Gasteiger partial charge in [-0.05, 0) is 24.0 Å². The lowest BCUT2D eigenvalue weighted by molar-refractivity contribution is 0.285. The van der Waals surface area contributed by atoms with Crippen LogP contribution in [0.15, 0.2) is 24.3 Å². The molecule has 0 spiro atoms. The first-order valence-corrected chi connectivity index (χ1v) is 8.88. The van der Waals surface area contributed by atoms with Crippen LogP contribution in [0, 0.1) is 0 Å². The van der Waals surface area contributed by atoms with Gasteiger partial charge in [-0.3, -0.25) is 0 Å². The molecule has 4 nitrogen and oxygen atoms in total. The third-order valence-electron chi connectivity index (χ3n) is 4.20. The maximum absolute atomic E-state index is 12.6. The van der Waals surface area contributed by atoms with E-state index in [0.717, 1.165) is 36.8 Å². The van der Waals surface area contributed by atoms with Gasteiger partial charge in [0.15, 0.2) is 0 Å². The minimum absolute atomic E-state index is 0.0490. The Balaban J connectivity index is 2.13. The molecule has 0 atom stereocenters. The fourth-order valence-corrected chi connectivity index (χ4v) is 4.41. The fraction of sp³-hybridized carbons (Fsp3) is 0.600. The number of hydrogen-bond acceptors (Lipinski definition) is 3. The second-order valence-corrected chi connectivity index (χ2v) is 7.57. The van der Waals surface area contributed by atoms with Crippen LogP contribution in [-0.4, -0.2) is 25.8 Å². The Morgan fingerprint density at radius 2 is 1.75 bits per heavy atom. The van der Waals surface area contributed by atoms with Crippen LogP contribution in [0.2, 0.25) is 0 Å². The Kier molecular flexibility index (Phi) is 5.18. The first kappa shape index (κ1) is 15.5. The van der Waals surface area contributed by atoms with Crippen molar-refractivity contribution in [2.75, 3.05) is 7.05 Å². The molecule has 20 heavy (non-hydrogen) atoms. The molecule has 0 radical (unpaired) electrons. The second kappa shape index (κ2) is 6.70. The van der Waals surface area contributed by atoms with E-state index in [4.69, 9.17) is 5.73 Å². The number of rotatable bonds is 5. The lowest BCUT2D eigenvalue weighted by Crippen LogP contribution is -2.39. The highest BCUT2D eigenvalue weighted by Gasteiger charge is 2.28. The molecule has 112 valence electrons. The topological polar surface area (TPSA) is 63.4 Å². The minimum Gasteiger partial charge on any atom is -0.326 e. The van der Waals surface area contributed by atoms with Crippen LogP contribution >= 0.6 is 0 Å². The van der Waals surface area contributed by atoms with Crippen LogP contribution in [0.25, 0.3) is 0 Å². The van der Waals surface area contributed by atoms with E-state index in [0.29, 0.717) is 6.54 Å². The summed E-state index contributed by atoms with van der Waals surface area (Å²) in [4.78, 5) is 0. The maximum atomic E-state index is 12.6. The maximum Gasteiger partial charge on any atom is 0.218 e. The molecule has 0 aliphatic heterocycles. The lowest BCUT2D eigenvalue weighted by atomic mass is 9.96. The summed E-state index contributed by atoms with van der Waals surface area (Å²) in [5.41, 5.74) is 7.41. The van der Waals surface area contributed by atoms with E-state index in [1.165, 1.54) is 6.42 Å². The predicted molar refractivity (Wildman–Crippen MR) is 81.6 cm³/mol. The molecule has 1 aromatic rings. The molecule has 2 rings (SSSR count). The molecule has 1 fully saturated rings. The van der Waals surface area contributed by atoms with Crippen LogP contribution < -0.4 is 5.73 Å². The molecular weight excluding hydrogens is 272 g/mol. The Hall–Kier alpha value is -0.910. The van der Waals surface area contributed by atoms with Gasteiger partial charge in [-0.25, -0.2) is 12.7 Å².